The summed E-state index contributed by atoms with van der Waals surface area (Å²) in [5, 5.41) is 11.3. The first kappa shape index (κ1) is 15.9. The number of benzene rings is 3. The van der Waals surface area contributed by atoms with Gasteiger partial charge >= 0.3 is 0 Å². The molecule has 0 bridgehead atoms. The quantitative estimate of drug-likeness (QED) is 0.757. The number of fused-ring (bicyclic) bond motifs is 2. The maximum absolute atomic E-state index is 11.3. The molecule has 0 aromatic heterocycles. The molecular formula is C23H22O2. The van der Waals surface area contributed by atoms with E-state index in [-0.39, 0.29) is 5.92 Å². The van der Waals surface area contributed by atoms with Crippen molar-refractivity contribution in [2.24, 2.45) is 0 Å². The maximum Gasteiger partial charge on any atom is 0.119 e. The van der Waals surface area contributed by atoms with Gasteiger partial charge in [0.05, 0.1) is 13.2 Å². The highest BCUT2D eigenvalue weighted by molar-refractivity contribution is 5.47. The Morgan fingerprint density at radius 2 is 1.44 bits per heavy atom. The lowest BCUT2D eigenvalue weighted by Gasteiger charge is -2.26. The Morgan fingerprint density at radius 1 is 0.840 bits per heavy atom. The van der Waals surface area contributed by atoms with Crippen molar-refractivity contribution in [1.29, 1.82) is 0 Å². The van der Waals surface area contributed by atoms with E-state index in [2.05, 4.69) is 48.5 Å². The summed E-state index contributed by atoms with van der Waals surface area (Å²) in [6.45, 7) is 0. The van der Waals surface area contributed by atoms with Crippen molar-refractivity contribution in [3.05, 3.63) is 101 Å². The minimum Gasteiger partial charge on any atom is -0.497 e. The molecule has 1 N–H and O–H groups in total. The van der Waals surface area contributed by atoms with Crippen LogP contribution in [0.4, 0.5) is 0 Å². The summed E-state index contributed by atoms with van der Waals surface area (Å²) in [5.41, 5.74) is 5.98. The molecule has 0 fully saturated rings. The molecule has 2 heteroatoms. The third kappa shape index (κ3) is 2.94. The Bertz CT molecular complexity index is 837. The summed E-state index contributed by atoms with van der Waals surface area (Å²) in [4.78, 5) is 0. The number of hydrogen-bond donors (Lipinski definition) is 1. The first-order valence-electron chi connectivity index (χ1n) is 8.75. The number of rotatable bonds is 3. The molecule has 3 aromatic carbocycles. The van der Waals surface area contributed by atoms with Crippen LogP contribution in [0.2, 0.25) is 0 Å². The maximum atomic E-state index is 11.3. The molecule has 0 aliphatic heterocycles. The molecular weight excluding hydrogens is 308 g/mol. The smallest absolute Gasteiger partial charge is 0.119 e. The lowest BCUT2D eigenvalue weighted by Crippen LogP contribution is -2.14. The minimum absolute atomic E-state index is 0.0676. The van der Waals surface area contributed by atoms with E-state index in [9.17, 15) is 5.11 Å². The molecule has 2 nitrogen and oxygen atoms in total. The highest BCUT2D eigenvalue weighted by Gasteiger charge is 2.30. The summed E-state index contributed by atoms with van der Waals surface area (Å²) in [7, 11) is 1.65. The zero-order valence-electron chi connectivity index (χ0n) is 14.4. The molecule has 0 saturated heterocycles. The second kappa shape index (κ2) is 6.73. The Hall–Kier alpha value is -2.58. The predicted octanol–water partition coefficient (Wildman–Crippen LogP) is 4.66. The average Bonchev–Trinajstić information content (AvgIpc) is 2.84. The standard InChI is InChI=1S/C23H22O2/c1-25-19-10-6-9-18(15-19)23(24)22-20-11-4-2-7-16(20)13-14-17-8-3-5-12-21(17)22/h2-12,15,22-24H,13-14H2,1H3. The van der Waals surface area contributed by atoms with Gasteiger partial charge in [0.15, 0.2) is 0 Å². The van der Waals surface area contributed by atoms with Crippen molar-refractivity contribution in [1.82, 2.24) is 0 Å². The molecule has 25 heavy (non-hydrogen) atoms. The first-order chi connectivity index (χ1) is 12.3. The summed E-state index contributed by atoms with van der Waals surface area (Å²) in [6.07, 6.45) is 1.40. The van der Waals surface area contributed by atoms with Crippen LogP contribution in [-0.2, 0) is 12.8 Å². The van der Waals surface area contributed by atoms with Crippen molar-refractivity contribution in [3.63, 3.8) is 0 Å². The number of ether oxygens (including phenoxy) is 1. The van der Waals surface area contributed by atoms with Crippen LogP contribution in [0.25, 0.3) is 0 Å². The Labute approximate surface area is 148 Å². The number of aliphatic hydroxyl groups is 1. The van der Waals surface area contributed by atoms with Gasteiger partial charge in [-0.15, -0.1) is 0 Å². The van der Waals surface area contributed by atoms with Gasteiger partial charge in [0, 0.05) is 5.92 Å². The third-order valence-electron chi connectivity index (χ3n) is 5.20. The summed E-state index contributed by atoms with van der Waals surface area (Å²) >= 11 is 0. The van der Waals surface area contributed by atoms with Gasteiger partial charge in [-0.05, 0) is 52.8 Å². The molecule has 1 aliphatic carbocycles. The molecule has 1 aliphatic rings. The average molecular weight is 330 g/mol. The van der Waals surface area contributed by atoms with E-state index >= 15 is 0 Å². The first-order valence-corrected chi connectivity index (χ1v) is 8.75. The molecule has 4 rings (SSSR count). The van der Waals surface area contributed by atoms with Crippen LogP contribution in [0, 0.1) is 0 Å². The lowest BCUT2D eigenvalue weighted by molar-refractivity contribution is 0.158. The Balaban J connectivity index is 1.87. The highest BCUT2D eigenvalue weighted by atomic mass is 16.5. The molecule has 1 unspecified atom stereocenters. The Kier molecular flexibility index (Phi) is 4.29. The van der Waals surface area contributed by atoms with Crippen molar-refractivity contribution >= 4 is 0 Å². The van der Waals surface area contributed by atoms with Crippen molar-refractivity contribution < 1.29 is 9.84 Å². The van der Waals surface area contributed by atoms with E-state index in [1.807, 2.05) is 24.3 Å². The van der Waals surface area contributed by atoms with Crippen LogP contribution < -0.4 is 4.74 Å². The molecule has 0 saturated carbocycles. The Morgan fingerprint density at radius 3 is 2.04 bits per heavy atom. The SMILES string of the molecule is COc1cccc(C(O)C2c3ccccc3CCc3ccccc32)c1. The minimum atomic E-state index is -0.615. The number of aryl methyl sites for hydroxylation is 2. The van der Waals surface area contributed by atoms with E-state index in [1.165, 1.54) is 22.3 Å². The second-order valence-electron chi connectivity index (χ2n) is 6.60. The van der Waals surface area contributed by atoms with Crippen LogP contribution in [0.1, 0.15) is 39.8 Å². The topological polar surface area (TPSA) is 29.5 Å². The number of methoxy groups -OCH3 is 1. The highest BCUT2D eigenvalue weighted by Crippen LogP contribution is 2.42. The fourth-order valence-corrected chi connectivity index (χ4v) is 3.93. The fourth-order valence-electron chi connectivity index (χ4n) is 3.93. The van der Waals surface area contributed by atoms with Crippen molar-refractivity contribution in [2.75, 3.05) is 7.11 Å². The van der Waals surface area contributed by atoms with E-state index in [4.69, 9.17) is 4.74 Å². The fraction of sp³-hybridized carbons (Fsp3) is 0.217. The van der Waals surface area contributed by atoms with Gasteiger partial charge in [0.25, 0.3) is 0 Å². The number of aliphatic hydroxyl groups excluding tert-OH is 1. The normalized spacial score (nSPS) is 15.0. The van der Waals surface area contributed by atoms with Crippen molar-refractivity contribution in [3.8, 4) is 5.75 Å². The summed E-state index contributed by atoms with van der Waals surface area (Å²) < 4.78 is 5.34. The third-order valence-corrected chi connectivity index (χ3v) is 5.20. The van der Waals surface area contributed by atoms with Crippen LogP contribution in [-0.4, -0.2) is 12.2 Å². The van der Waals surface area contributed by atoms with Crippen LogP contribution in [0.15, 0.2) is 72.8 Å². The van der Waals surface area contributed by atoms with E-state index in [0.29, 0.717) is 0 Å². The lowest BCUT2D eigenvalue weighted by atomic mass is 9.81. The zero-order valence-corrected chi connectivity index (χ0v) is 14.4. The van der Waals surface area contributed by atoms with Gasteiger partial charge in [-0.1, -0.05) is 60.7 Å². The largest absolute Gasteiger partial charge is 0.497 e. The van der Waals surface area contributed by atoms with Crippen molar-refractivity contribution in [2.45, 2.75) is 24.9 Å². The van der Waals surface area contributed by atoms with E-state index in [0.717, 1.165) is 24.2 Å². The molecule has 1 atom stereocenters. The van der Waals surface area contributed by atoms with Crippen LogP contribution in [0.5, 0.6) is 5.75 Å². The van der Waals surface area contributed by atoms with Crippen LogP contribution >= 0.6 is 0 Å². The van der Waals surface area contributed by atoms with Gasteiger partial charge in [-0.2, -0.15) is 0 Å². The number of hydrogen-bond acceptors (Lipinski definition) is 2. The molecule has 0 amide bonds. The van der Waals surface area contributed by atoms with Gasteiger partial charge in [0.1, 0.15) is 5.75 Å². The van der Waals surface area contributed by atoms with Gasteiger partial charge < -0.3 is 9.84 Å². The molecule has 126 valence electrons. The summed E-state index contributed by atoms with van der Waals surface area (Å²) in [5.74, 6) is 0.703. The molecule has 3 aromatic rings. The van der Waals surface area contributed by atoms with Gasteiger partial charge in [-0.25, -0.2) is 0 Å². The zero-order chi connectivity index (χ0) is 17.2. The summed E-state index contributed by atoms with van der Waals surface area (Å²) in [6, 6.07) is 24.8. The molecule has 0 heterocycles. The van der Waals surface area contributed by atoms with E-state index < -0.39 is 6.10 Å². The monoisotopic (exact) mass is 330 g/mol. The van der Waals surface area contributed by atoms with E-state index in [1.54, 1.807) is 7.11 Å². The predicted molar refractivity (Wildman–Crippen MR) is 100 cm³/mol. The van der Waals surface area contributed by atoms with Crippen LogP contribution in [0.3, 0.4) is 0 Å². The van der Waals surface area contributed by atoms with Gasteiger partial charge in [0.2, 0.25) is 0 Å². The van der Waals surface area contributed by atoms with Gasteiger partial charge in [-0.3, -0.25) is 0 Å². The molecule has 0 spiro atoms. The molecule has 0 radical (unpaired) electrons. The second-order valence-corrected chi connectivity index (χ2v) is 6.60.